The molecule has 2 aromatic rings. The van der Waals surface area contributed by atoms with Gasteiger partial charge in [0.05, 0.1) is 18.8 Å². The third kappa shape index (κ3) is 20.1. The second kappa shape index (κ2) is 31.5. The molecule has 426 valence electrons. The van der Waals surface area contributed by atoms with Crippen molar-refractivity contribution in [3.05, 3.63) is 59.5 Å². The van der Waals surface area contributed by atoms with Crippen LogP contribution in [0, 0.1) is 5.92 Å². The quantitative estimate of drug-likeness (QED) is 0.0586. The van der Waals surface area contributed by atoms with Gasteiger partial charge in [-0.25, -0.2) is 4.79 Å². The Bertz CT molecular complexity index is 2370. The monoisotopic (exact) mass is 1090 g/mol. The van der Waals surface area contributed by atoms with E-state index in [1.165, 1.54) is 6.92 Å². The standard InChI is InChI=1S/C48H73N13O16/c1-23(2)20-31-42(69)55-27(12-16-49)38(65)54-29(14-18-51)41(68)60-36(24(3)63)46(73)52-19-15-30(40(67)53-28(13-17-50)39(66)58-32(43(70)57-31)21-26-8-6-5-7-9-26)56-44(71)33(22-62)59-47(74)37(25(4)64)61-45(72)34-10-11-35(77-34)48(75)76/h5-11,23-25,27-33,36-37,62-64H,12-22,49-51H2,1-4H3,(H,52,73)(H,53,67)(H,54,65)(H,55,69)(H,56,71)(H,57,70)(H,58,66)(H,59,74)(H,60,68)(H,61,72)(H,75,76)/t24-,25-,27+,28+,29+,30+,31+,32-,33-,36+,37+/m1/s1. The molecule has 2 heterocycles. The van der Waals surface area contributed by atoms with E-state index in [0.717, 1.165) is 19.1 Å². The fraction of sp³-hybridized carbons (Fsp3) is 0.562. The fourth-order valence-electron chi connectivity index (χ4n) is 7.73. The largest absolute Gasteiger partial charge is 0.475 e. The molecule has 1 saturated heterocycles. The summed E-state index contributed by atoms with van der Waals surface area (Å²) < 4.78 is 4.94. The minimum atomic E-state index is -1.92. The molecule has 29 nitrogen and oxygen atoms in total. The number of carbonyl (C=O) groups excluding carboxylic acids is 10. The molecule has 11 atom stereocenters. The Morgan fingerprint density at radius 3 is 1.62 bits per heavy atom. The van der Waals surface area contributed by atoms with Gasteiger partial charge in [0.2, 0.25) is 58.9 Å². The summed E-state index contributed by atoms with van der Waals surface area (Å²) >= 11 is 0. The Morgan fingerprint density at radius 1 is 0.636 bits per heavy atom. The highest BCUT2D eigenvalue weighted by atomic mass is 16.4. The molecule has 0 unspecified atom stereocenters. The predicted molar refractivity (Wildman–Crippen MR) is 271 cm³/mol. The Balaban J connectivity index is 2.09. The van der Waals surface area contributed by atoms with Gasteiger partial charge in [-0.3, -0.25) is 47.9 Å². The maximum atomic E-state index is 14.3. The zero-order valence-corrected chi connectivity index (χ0v) is 43.2. The Morgan fingerprint density at radius 2 is 1.13 bits per heavy atom. The average molecular weight is 1090 g/mol. The van der Waals surface area contributed by atoms with Gasteiger partial charge in [-0.15, -0.1) is 0 Å². The lowest BCUT2D eigenvalue weighted by Gasteiger charge is -2.28. The first-order valence-electron chi connectivity index (χ1n) is 24.9. The minimum absolute atomic E-state index is 0.0295. The van der Waals surface area contributed by atoms with Crippen LogP contribution in [0.1, 0.15) is 86.5 Å². The van der Waals surface area contributed by atoms with Crippen LogP contribution in [0.2, 0.25) is 0 Å². The van der Waals surface area contributed by atoms with Gasteiger partial charge in [0.15, 0.2) is 5.76 Å². The van der Waals surface area contributed by atoms with Gasteiger partial charge in [-0.1, -0.05) is 44.2 Å². The van der Waals surface area contributed by atoms with E-state index in [-0.39, 0.29) is 57.7 Å². The van der Waals surface area contributed by atoms with Crippen LogP contribution in [0.3, 0.4) is 0 Å². The summed E-state index contributed by atoms with van der Waals surface area (Å²) in [7, 11) is 0. The van der Waals surface area contributed by atoms with Crippen LogP contribution in [0.25, 0.3) is 0 Å². The molecule has 0 bridgehead atoms. The number of benzene rings is 1. The molecule has 1 aliphatic heterocycles. The molecule has 0 radical (unpaired) electrons. The number of nitrogens with two attached hydrogens (primary N) is 3. The molecule has 20 N–H and O–H groups in total. The van der Waals surface area contributed by atoms with Crippen molar-refractivity contribution in [3.8, 4) is 0 Å². The number of hydrogen-bond donors (Lipinski definition) is 17. The molecule has 0 saturated carbocycles. The van der Waals surface area contributed by atoms with Crippen LogP contribution in [0.5, 0.6) is 0 Å². The van der Waals surface area contributed by atoms with E-state index in [9.17, 15) is 68.1 Å². The highest BCUT2D eigenvalue weighted by molar-refractivity contribution is 6.00. The van der Waals surface area contributed by atoms with Crippen LogP contribution < -0.4 is 70.4 Å². The van der Waals surface area contributed by atoms with Crippen molar-refractivity contribution >= 4 is 65.0 Å². The molecular formula is C48H73N13O16. The molecular weight excluding hydrogens is 1010 g/mol. The summed E-state index contributed by atoms with van der Waals surface area (Å²) in [6, 6.07) is -3.94. The third-order valence-electron chi connectivity index (χ3n) is 11.9. The SMILES string of the molecule is CC(C)C[C@@H]1NC(=O)[C@@H](Cc2ccccc2)NC(=O)[C@H](CCN)NC(=O)[C@@H](NC(=O)[C@@H](CO)NC(=O)[C@@H](NC(=O)c2ccc(C(=O)O)o2)[C@@H](C)O)CCNC(=O)[C@H]([C@@H](C)O)NC(=O)[C@H](CCN)NC(=O)[C@H](CCN)NC1=O. The Kier molecular flexibility index (Phi) is 26.0. The normalized spacial score (nSPS) is 23.2. The lowest BCUT2D eigenvalue weighted by molar-refractivity contribution is -0.136. The number of carbonyl (C=O) groups is 11. The molecule has 1 aliphatic rings. The highest BCUT2D eigenvalue weighted by Crippen LogP contribution is 2.12. The topological polar surface area (TPSA) is 480 Å². The van der Waals surface area contributed by atoms with Gasteiger partial charge in [0.1, 0.15) is 54.4 Å². The van der Waals surface area contributed by atoms with Crippen LogP contribution in [-0.4, -0.2) is 185 Å². The van der Waals surface area contributed by atoms with Crippen LogP contribution in [0.15, 0.2) is 46.9 Å². The van der Waals surface area contributed by atoms with Gasteiger partial charge in [-0.2, -0.15) is 0 Å². The first-order chi connectivity index (χ1) is 36.4. The maximum Gasteiger partial charge on any atom is 0.371 e. The summed E-state index contributed by atoms with van der Waals surface area (Å²) in [4.78, 5) is 149. The number of furan rings is 1. The molecule has 77 heavy (non-hydrogen) atoms. The van der Waals surface area contributed by atoms with E-state index in [1.54, 1.807) is 44.2 Å². The van der Waals surface area contributed by atoms with Gasteiger partial charge in [0, 0.05) is 13.0 Å². The zero-order chi connectivity index (χ0) is 57.5. The minimum Gasteiger partial charge on any atom is -0.475 e. The van der Waals surface area contributed by atoms with E-state index in [1.807, 2.05) is 0 Å². The van der Waals surface area contributed by atoms with Crippen molar-refractivity contribution in [2.75, 3.05) is 32.8 Å². The fourth-order valence-corrected chi connectivity index (χ4v) is 7.73. The van der Waals surface area contributed by atoms with Crippen molar-refractivity contribution in [2.24, 2.45) is 23.1 Å². The summed E-state index contributed by atoms with van der Waals surface area (Å²) in [5.41, 5.74) is 18.1. The molecule has 0 spiro atoms. The number of nitrogens with one attached hydrogen (secondary N) is 10. The second-order valence-corrected chi connectivity index (χ2v) is 18.6. The van der Waals surface area contributed by atoms with Gasteiger partial charge >= 0.3 is 5.97 Å². The number of aliphatic hydroxyl groups is 3. The summed E-state index contributed by atoms with van der Waals surface area (Å²) in [5.74, 6) is -13.2. The van der Waals surface area contributed by atoms with Crippen molar-refractivity contribution in [2.45, 2.75) is 133 Å². The number of rotatable bonds is 20. The predicted octanol–water partition coefficient (Wildman–Crippen LogP) is -6.44. The Labute approximate surface area is 443 Å². The number of aromatic carboxylic acids is 1. The molecule has 3 rings (SSSR count). The van der Waals surface area contributed by atoms with Crippen molar-refractivity contribution in [3.63, 3.8) is 0 Å². The van der Waals surface area contributed by atoms with Crippen molar-refractivity contribution in [1.82, 2.24) is 53.2 Å². The molecule has 29 heteroatoms. The first-order valence-corrected chi connectivity index (χ1v) is 24.9. The first kappa shape index (κ1) is 63.7. The molecule has 1 aromatic heterocycles. The lowest BCUT2D eigenvalue weighted by Crippen LogP contribution is -2.61. The Hall–Kier alpha value is -7.57. The van der Waals surface area contributed by atoms with E-state index in [4.69, 9.17) is 26.7 Å². The summed E-state index contributed by atoms with van der Waals surface area (Å²) in [5, 5.41) is 64.8. The van der Waals surface area contributed by atoms with E-state index in [0.29, 0.717) is 5.56 Å². The number of amides is 10. The van der Waals surface area contributed by atoms with E-state index >= 15 is 0 Å². The van der Waals surface area contributed by atoms with Crippen molar-refractivity contribution in [1.29, 1.82) is 0 Å². The lowest BCUT2D eigenvalue weighted by atomic mass is 10.00. The average Bonchev–Trinajstić information content (AvgIpc) is 3.88. The van der Waals surface area contributed by atoms with Crippen LogP contribution in [-0.2, 0) is 49.6 Å². The molecule has 10 amide bonds. The number of carboxylic acid groups (broad SMARTS) is 1. The van der Waals surface area contributed by atoms with Gasteiger partial charge in [-0.05, 0) is 89.2 Å². The molecule has 1 fully saturated rings. The number of aliphatic hydroxyl groups excluding tert-OH is 3. The smallest absolute Gasteiger partial charge is 0.371 e. The van der Waals surface area contributed by atoms with Crippen LogP contribution in [0.4, 0.5) is 0 Å². The molecule has 1 aromatic carbocycles. The second-order valence-electron chi connectivity index (χ2n) is 18.6. The number of carboxylic acids is 1. The third-order valence-corrected chi connectivity index (χ3v) is 11.9. The molecule has 0 aliphatic carbocycles. The maximum absolute atomic E-state index is 14.3. The van der Waals surface area contributed by atoms with E-state index in [2.05, 4.69) is 53.2 Å². The van der Waals surface area contributed by atoms with E-state index < -0.39 is 163 Å². The highest BCUT2D eigenvalue weighted by Gasteiger charge is 2.37. The zero-order valence-electron chi connectivity index (χ0n) is 43.2. The van der Waals surface area contributed by atoms with Gasteiger partial charge in [0.25, 0.3) is 5.91 Å². The van der Waals surface area contributed by atoms with Crippen molar-refractivity contribution < 1.29 is 77.6 Å². The van der Waals surface area contributed by atoms with Crippen LogP contribution >= 0.6 is 0 Å². The number of hydrogen-bond acceptors (Lipinski definition) is 18. The summed E-state index contributed by atoms with van der Waals surface area (Å²) in [6.07, 6.45) is -4.51. The summed E-state index contributed by atoms with van der Waals surface area (Å²) in [6.45, 7) is 3.61. The van der Waals surface area contributed by atoms with Gasteiger partial charge < -0.3 is 95.2 Å².